The Hall–Kier alpha value is -2.71. The van der Waals surface area contributed by atoms with Crippen molar-refractivity contribution in [2.75, 3.05) is 18.2 Å². The van der Waals surface area contributed by atoms with Gasteiger partial charge in [0.2, 0.25) is 0 Å². The van der Waals surface area contributed by atoms with Gasteiger partial charge in [-0.3, -0.25) is 4.79 Å². The zero-order chi connectivity index (χ0) is 15.4. The van der Waals surface area contributed by atoms with Gasteiger partial charge in [-0.1, -0.05) is 11.6 Å². The molecular formula is C15H12ClN3O2. The Bertz CT molecular complexity index is 718. The highest BCUT2D eigenvalue weighted by molar-refractivity contribution is 6.31. The standard InChI is InChI=1S/C15H12ClN3O2/c1-21-14-4-9(8-17)2-3-13(14)19-15(20)10-5-11(16)7-12(18)6-10/h2-7H,18H2,1H3,(H,19,20). The molecule has 0 heterocycles. The van der Waals surface area contributed by atoms with Crippen molar-refractivity contribution >= 4 is 28.9 Å². The Morgan fingerprint density at radius 2 is 2.10 bits per heavy atom. The Balaban J connectivity index is 2.29. The van der Waals surface area contributed by atoms with Gasteiger partial charge in [-0.2, -0.15) is 5.26 Å². The van der Waals surface area contributed by atoms with Crippen LogP contribution in [-0.2, 0) is 0 Å². The van der Waals surface area contributed by atoms with Crippen molar-refractivity contribution in [3.63, 3.8) is 0 Å². The van der Waals surface area contributed by atoms with E-state index in [2.05, 4.69) is 5.32 Å². The monoisotopic (exact) mass is 301 g/mol. The molecule has 0 unspecified atom stereocenters. The minimum Gasteiger partial charge on any atom is -0.495 e. The lowest BCUT2D eigenvalue weighted by Crippen LogP contribution is -2.13. The van der Waals surface area contributed by atoms with Crippen LogP contribution >= 0.6 is 11.6 Å². The first-order chi connectivity index (χ1) is 10.0. The van der Waals surface area contributed by atoms with Crippen LogP contribution in [0.2, 0.25) is 5.02 Å². The van der Waals surface area contributed by atoms with Crippen LogP contribution in [0.4, 0.5) is 11.4 Å². The smallest absolute Gasteiger partial charge is 0.255 e. The Morgan fingerprint density at radius 3 is 2.71 bits per heavy atom. The summed E-state index contributed by atoms with van der Waals surface area (Å²) in [6.07, 6.45) is 0. The molecule has 0 radical (unpaired) electrons. The lowest BCUT2D eigenvalue weighted by molar-refractivity contribution is 0.102. The molecule has 0 fully saturated rings. The molecule has 2 aromatic carbocycles. The second-order valence-corrected chi connectivity index (χ2v) is 4.69. The van der Waals surface area contributed by atoms with Gasteiger partial charge in [0.15, 0.2) is 0 Å². The van der Waals surface area contributed by atoms with Gasteiger partial charge in [-0.25, -0.2) is 0 Å². The van der Waals surface area contributed by atoms with Gasteiger partial charge in [0.25, 0.3) is 5.91 Å². The minimum atomic E-state index is -0.368. The van der Waals surface area contributed by atoms with E-state index in [1.54, 1.807) is 24.3 Å². The number of carbonyl (C=O) groups is 1. The predicted octanol–water partition coefficient (Wildman–Crippen LogP) is 3.05. The van der Waals surface area contributed by atoms with Crippen molar-refractivity contribution in [1.82, 2.24) is 0 Å². The number of rotatable bonds is 3. The summed E-state index contributed by atoms with van der Waals surface area (Å²) in [5.74, 6) is 0.0320. The molecule has 0 aromatic heterocycles. The second kappa shape index (κ2) is 6.16. The van der Waals surface area contributed by atoms with E-state index in [0.717, 1.165) is 0 Å². The highest BCUT2D eigenvalue weighted by Gasteiger charge is 2.11. The van der Waals surface area contributed by atoms with Gasteiger partial charge in [0.05, 0.1) is 24.4 Å². The number of amides is 1. The molecule has 106 valence electrons. The number of methoxy groups -OCH3 is 1. The van der Waals surface area contributed by atoms with Crippen LogP contribution in [0.5, 0.6) is 5.75 Å². The van der Waals surface area contributed by atoms with Crippen molar-refractivity contribution in [2.24, 2.45) is 0 Å². The van der Waals surface area contributed by atoms with Crippen molar-refractivity contribution < 1.29 is 9.53 Å². The van der Waals surface area contributed by atoms with Gasteiger partial charge < -0.3 is 15.8 Å². The molecule has 0 spiro atoms. The van der Waals surface area contributed by atoms with E-state index in [1.165, 1.54) is 19.2 Å². The first kappa shape index (κ1) is 14.7. The van der Waals surface area contributed by atoms with Gasteiger partial charge in [-0.05, 0) is 30.3 Å². The molecule has 2 rings (SSSR count). The van der Waals surface area contributed by atoms with Crippen LogP contribution in [0.15, 0.2) is 36.4 Å². The number of anilines is 2. The van der Waals surface area contributed by atoms with Crippen molar-refractivity contribution in [3.8, 4) is 11.8 Å². The zero-order valence-electron chi connectivity index (χ0n) is 11.2. The minimum absolute atomic E-state index is 0.339. The first-order valence-corrected chi connectivity index (χ1v) is 6.37. The Morgan fingerprint density at radius 1 is 1.33 bits per heavy atom. The number of hydrogen-bond acceptors (Lipinski definition) is 4. The fourth-order valence-electron chi connectivity index (χ4n) is 1.80. The normalized spacial score (nSPS) is 9.76. The summed E-state index contributed by atoms with van der Waals surface area (Å²) in [6, 6.07) is 11.3. The zero-order valence-corrected chi connectivity index (χ0v) is 11.9. The lowest BCUT2D eigenvalue weighted by atomic mass is 10.1. The van der Waals surface area contributed by atoms with E-state index in [0.29, 0.717) is 33.3 Å². The van der Waals surface area contributed by atoms with Gasteiger partial charge in [-0.15, -0.1) is 0 Å². The highest BCUT2D eigenvalue weighted by Crippen LogP contribution is 2.26. The number of nitriles is 1. The van der Waals surface area contributed by atoms with Crippen molar-refractivity contribution in [1.29, 1.82) is 5.26 Å². The maximum Gasteiger partial charge on any atom is 0.255 e. The summed E-state index contributed by atoms with van der Waals surface area (Å²) in [5.41, 5.74) is 7.30. The second-order valence-electron chi connectivity index (χ2n) is 4.25. The molecule has 0 aliphatic heterocycles. The lowest BCUT2D eigenvalue weighted by Gasteiger charge is -2.11. The summed E-state index contributed by atoms with van der Waals surface area (Å²) < 4.78 is 5.16. The number of halogens is 1. The molecule has 0 saturated carbocycles. The SMILES string of the molecule is COc1cc(C#N)ccc1NC(=O)c1cc(N)cc(Cl)c1. The van der Waals surface area contributed by atoms with Crippen molar-refractivity contribution in [3.05, 3.63) is 52.5 Å². The first-order valence-electron chi connectivity index (χ1n) is 5.99. The quantitative estimate of drug-likeness (QED) is 0.853. The molecular weight excluding hydrogens is 290 g/mol. The van der Waals surface area contributed by atoms with Gasteiger partial charge in [0.1, 0.15) is 5.75 Å². The summed E-state index contributed by atoms with van der Waals surface area (Å²) in [6.45, 7) is 0. The Kier molecular flexibility index (Phi) is 4.31. The average Bonchev–Trinajstić information content (AvgIpc) is 2.46. The molecule has 0 aliphatic carbocycles. The van der Waals surface area contributed by atoms with Crippen LogP contribution in [0.1, 0.15) is 15.9 Å². The average molecular weight is 302 g/mol. The van der Waals surface area contributed by atoms with Gasteiger partial charge in [0, 0.05) is 22.3 Å². The van der Waals surface area contributed by atoms with Crippen LogP contribution < -0.4 is 15.8 Å². The van der Waals surface area contributed by atoms with E-state index in [-0.39, 0.29) is 5.91 Å². The molecule has 2 aromatic rings. The molecule has 1 amide bonds. The maximum absolute atomic E-state index is 12.2. The molecule has 5 nitrogen and oxygen atoms in total. The molecule has 3 N–H and O–H groups in total. The summed E-state index contributed by atoms with van der Waals surface area (Å²) in [5, 5.41) is 11.9. The largest absolute Gasteiger partial charge is 0.495 e. The van der Waals surface area contributed by atoms with Crippen LogP contribution in [0.25, 0.3) is 0 Å². The fraction of sp³-hybridized carbons (Fsp3) is 0.0667. The number of benzene rings is 2. The number of nitrogen functional groups attached to an aromatic ring is 1. The molecule has 0 saturated heterocycles. The molecule has 0 bridgehead atoms. The van der Waals surface area contributed by atoms with Crippen molar-refractivity contribution in [2.45, 2.75) is 0 Å². The number of carbonyl (C=O) groups excluding carboxylic acids is 1. The summed E-state index contributed by atoms with van der Waals surface area (Å²) >= 11 is 5.87. The Labute approximate surface area is 126 Å². The van der Waals surface area contributed by atoms with Crippen LogP contribution in [-0.4, -0.2) is 13.0 Å². The molecule has 0 atom stereocenters. The molecule has 0 aliphatic rings. The van der Waals surface area contributed by atoms with E-state index in [1.807, 2.05) is 6.07 Å². The third-order valence-electron chi connectivity index (χ3n) is 2.76. The van der Waals surface area contributed by atoms with E-state index in [9.17, 15) is 4.79 Å². The predicted molar refractivity (Wildman–Crippen MR) is 81.5 cm³/mol. The van der Waals surface area contributed by atoms with Crippen LogP contribution in [0.3, 0.4) is 0 Å². The molecule has 21 heavy (non-hydrogen) atoms. The number of nitrogens with two attached hydrogens (primary N) is 1. The number of ether oxygens (including phenoxy) is 1. The van der Waals surface area contributed by atoms with E-state index in [4.69, 9.17) is 27.3 Å². The van der Waals surface area contributed by atoms with Gasteiger partial charge >= 0.3 is 0 Å². The van der Waals surface area contributed by atoms with E-state index >= 15 is 0 Å². The summed E-state index contributed by atoms with van der Waals surface area (Å²) in [7, 11) is 1.46. The number of hydrogen-bond donors (Lipinski definition) is 2. The third-order valence-corrected chi connectivity index (χ3v) is 2.98. The third kappa shape index (κ3) is 3.44. The number of nitrogens with one attached hydrogen (secondary N) is 1. The topological polar surface area (TPSA) is 88.1 Å². The highest BCUT2D eigenvalue weighted by atomic mass is 35.5. The molecule has 6 heteroatoms. The van der Waals surface area contributed by atoms with E-state index < -0.39 is 0 Å². The summed E-state index contributed by atoms with van der Waals surface area (Å²) in [4.78, 5) is 12.2. The van der Waals surface area contributed by atoms with Crippen LogP contribution in [0, 0.1) is 11.3 Å². The fourth-order valence-corrected chi connectivity index (χ4v) is 2.05. The number of nitrogens with zero attached hydrogens (tertiary/aromatic N) is 1. The maximum atomic E-state index is 12.2.